The van der Waals surface area contributed by atoms with Gasteiger partial charge in [0.25, 0.3) is 0 Å². The van der Waals surface area contributed by atoms with Crippen LogP contribution < -0.4 is 9.47 Å². The summed E-state index contributed by atoms with van der Waals surface area (Å²) in [7, 11) is 3.14. The van der Waals surface area contributed by atoms with Crippen molar-refractivity contribution in [2.24, 2.45) is 0 Å². The van der Waals surface area contributed by atoms with Gasteiger partial charge in [0.15, 0.2) is 17.3 Å². The highest BCUT2D eigenvalue weighted by atomic mass is 35.5. The fourth-order valence-electron chi connectivity index (χ4n) is 2.89. The van der Waals surface area contributed by atoms with Crippen LogP contribution in [0.25, 0.3) is 6.08 Å². The van der Waals surface area contributed by atoms with Crippen molar-refractivity contribution in [1.29, 1.82) is 0 Å². The lowest BCUT2D eigenvalue weighted by Gasteiger charge is -2.20. The number of benzene rings is 2. The molecule has 0 amide bonds. The minimum absolute atomic E-state index is 0.00620. The van der Waals surface area contributed by atoms with E-state index in [1.54, 1.807) is 38.5 Å². The molecule has 1 aliphatic rings. The first-order valence-corrected chi connectivity index (χ1v) is 8.23. The van der Waals surface area contributed by atoms with Gasteiger partial charge in [-0.1, -0.05) is 23.2 Å². The molecule has 2 aromatic rings. The number of ketones is 1. The van der Waals surface area contributed by atoms with E-state index < -0.39 is 0 Å². The minimum Gasteiger partial charge on any atom is -0.493 e. The number of rotatable bonds is 3. The molecule has 0 fully saturated rings. The maximum atomic E-state index is 12.8. The Kier molecular flexibility index (Phi) is 4.83. The summed E-state index contributed by atoms with van der Waals surface area (Å²) in [4.78, 5) is 12.8. The molecule has 5 heteroatoms. The minimum atomic E-state index is -0.00620. The molecule has 0 bridgehead atoms. The van der Waals surface area contributed by atoms with Crippen molar-refractivity contribution in [1.82, 2.24) is 0 Å². The Morgan fingerprint density at radius 2 is 1.54 bits per heavy atom. The monoisotopic (exact) mass is 362 g/mol. The molecule has 24 heavy (non-hydrogen) atoms. The highest BCUT2D eigenvalue weighted by Gasteiger charge is 2.24. The van der Waals surface area contributed by atoms with Crippen molar-refractivity contribution in [2.75, 3.05) is 14.2 Å². The summed E-state index contributed by atoms with van der Waals surface area (Å²) in [5.41, 5.74) is 3.17. The molecule has 0 radical (unpaired) electrons. The molecule has 0 N–H and O–H groups in total. The number of hydrogen-bond donors (Lipinski definition) is 0. The molecule has 124 valence electrons. The van der Waals surface area contributed by atoms with Crippen LogP contribution in [0.2, 0.25) is 10.0 Å². The average molecular weight is 363 g/mol. The van der Waals surface area contributed by atoms with Gasteiger partial charge in [0.1, 0.15) is 0 Å². The Morgan fingerprint density at radius 3 is 2.17 bits per heavy atom. The Balaban J connectivity index is 2.01. The molecule has 3 rings (SSSR count). The van der Waals surface area contributed by atoms with E-state index in [9.17, 15) is 4.79 Å². The summed E-state index contributed by atoms with van der Waals surface area (Å²) in [6, 6.07) is 8.86. The smallest absolute Gasteiger partial charge is 0.189 e. The normalized spacial score (nSPS) is 15.3. The highest BCUT2D eigenvalue weighted by molar-refractivity contribution is 6.34. The quantitative estimate of drug-likeness (QED) is 0.701. The Bertz CT molecular complexity index is 820. The third-order valence-corrected chi connectivity index (χ3v) is 4.47. The fraction of sp³-hybridized carbons (Fsp3) is 0.211. The van der Waals surface area contributed by atoms with Crippen molar-refractivity contribution >= 4 is 35.1 Å². The van der Waals surface area contributed by atoms with Crippen molar-refractivity contribution in [2.45, 2.75) is 12.8 Å². The van der Waals surface area contributed by atoms with Gasteiger partial charge in [-0.15, -0.1) is 0 Å². The molecule has 0 aromatic heterocycles. The molecule has 0 atom stereocenters. The molecule has 0 saturated heterocycles. The summed E-state index contributed by atoms with van der Waals surface area (Å²) >= 11 is 12.1. The van der Waals surface area contributed by atoms with Gasteiger partial charge >= 0.3 is 0 Å². The molecule has 0 saturated carbocycles. The van der Waals surface area contributed by atoms with Crippen molar-refractivity contribution in [3.63, 3.8) is 0 Å². The fourth-order valence-corrected chi connectivity index (χ4v) is 3.44. The summed E-state index contributed by atoms with van der Waals surface area (Å²) in [6.07, 6.45) is 3.27. The van der Waals surface area contributed by atoms with Gasteiger partial charge < -0.3 is 9.47 Å². The molecule has 0 spiro atoms. The number of carbonyl (C=O) groups is 1. The van der Waals surface area contributed by atoms with Crippen LogP contribution >= 0.6 is 23.2 Å². The number of Topliss-reactive ketones (excluding diaryl/α,β-unsaturated/α-hetero) is 1. The number of fused-ring (bicyclic) bond motifs is 1. The lowest BCUT2D eigenvalue weighted by Crippen LogP contribution is -2.14. The molecular weight excluding hydrogens is 347 g/mol. The first-order chi connectivity index (χ1) is 11.5. The molecule has 0 heterocycles. The van der Waals surface area contributed by atoms with Gasteiger partial charge in [0, 0.05) is 21.2 Å². The average Bonchev–Trinajstić information content (AvgIpc) is 2.55. The standard InChI is InChI=1S/C19H16Cl2O3/c1-23-17-8-12-3-4-13(19(22)16(12)10-18(17)24-2)5-11-6-14(20)9-15(21)7-11/h5-10H,3-4H2,1-2H3/b13-5+. The van der Waals surface area contributed by atoms with Crippen LogP contribution in [0, 0.1) is 0 Å². The highest BCUT2D eigenvalue weighted by Crippen LogP contribution is 2.36. The largest absolute Gasteiger partial charge is 0.493 e. The van der Waals surface area contributed by atoms with Crippen LogP contribution in [0.1, 0.15) is 27.9 Å². The zero-order chi connectivity index (χ0) is 17.3. The first kappa shape index (κ1) is 16.9. The number of methoxy groups -OCH3 is 2. The third kappa shape index (κ3) is 3.28. The van der Waals surface area contributed by atoms with E-state index in [-0.39, 0.29) is 5.78 Å². The van der Waals surface area contributed by atoms with Crippen LogP contribution in [0.4, 0.5) is 0 Å². The van der Waals surface area contributed by atoms with Crippen LogP contribution in [0.3, 0.4) is 0 Å². The van der Waals surface area contributed by atoms with Gasteiger partial charge in [-0.3, -0.25) is 4.79 Å². The SMILES string of the molecule is COc1cc2c(cc1OC)C(=O)/C(=C/c1cc(Cl)cc(Cl)c1)CC2. The maximum absolute atomic E-state index is 12.8. The van der Waals surface area contributed by atoms with Crippen LogP contribution in [0.15, 0.2) is 35.9 Å². The Hall–Kier alpha value is -1.97. The number of aryl methyl sites for hydroxylation is 1. The first-order valence-electron chi connectivity index (χ1n) is 7.48. The predicted octanol–water partition coefficient (Wildman–Crippen LogP) is 5.22. The van der Waals surface area contributed by atoms with E-state index >= 15 is 0 Å². The Labute approximate surface area is 150 Å². The zero-order valence-corrected chi connectivity index (χ0v) is 14.9. The van der Waals surface area contributed by atoms with Gasteiger partial charge in [0.2, 0.25) is 0 Å². The van der Waals surface area contributed by atoms with Crippen LogP contribution in [-0.4, -0.2) is 20.0 Å². The van der Waals surface area contributed by atoms with Gasteiger partial charge in [0.05, 0.1) is 14.2 Å². The number of hydrogen-bond acceptors (Lipinski definition) is 3. The lowest BCUT2D eigenvalue weighted by molar-refractivity contribution is 0.102. The van der Waals surface area contributed by atoms with Gasteiger partial charge in [-0.25, -0.2) is 0 Å². The molecule has 0 aliphatic heterocycles. The van der Waals surface area contributed by atoms with E-state index in [4.69, 9.17) is 32.7 Å². The zero-order valence-electron chi connectivity index (χ0n) is 13.4. The lowest BCUT2D eigenvalue weighted by atomic mass is 9.85. The van der Waals surface area contributed by atoms with E-state index in [2.05, 4.69) is 0 Å². The van der Waals surface area contributed by atoms with Crippen molar-refractivity contribution in [3.05, 3.63) is 62.6 Å². The summed E-state index contributed by atoms with van der Waals surface area (Å²) < 4.78 is 10.6. The van der Waals surface area contributed by atoms with Gasteiger partial charge in [-0.05, 0) is 60.4 Å². The second kappa shape index (κ2) is 6.88. The summed E-state index contributed by atoms with van der Waals surface area (Å²) in [6.45, 7) is 0. The van der Waals surface area contributed by atoms with Crippen LogP contribution in [-0.2, 0) is 6.42 Å². The van der Waals surface area contributed by atoms with E-state index in [0.29, 0.717) is 33.5 Å². The molecule has 1 aliphatic carbocycles. The molecular formula is C19H16Cl2O3. The van der Waals surface area contributed by atoms with E-state index in [1.807, 2.05) is 12.1 Å². The maximum Gasteiger partial charge on any atom is 0.189 e. The van der Waals surface area contributed by atoms with E-state index in [1.165, 1.54) is 0 Å². The number of halogens is 2. The van der Waals surface area contributed by atoms with Crippen molar-refractivity contribution in [3.8, 4) is 11.5 Å². The molecule has 2 aromatic carbocycles. The molecule has 3 nitrogen and oxygen atoms in total. The summed E-state index contributed by atoms with van der Waals surface area (Å²) in [5, 5.41) is 1.09. The number of carbonyl (C=O) groups excluding carboxylic acids is 1. The number of allylic oxidation sites excluding steroid dienone is 1. The number of ether oxygens (including phenoxy) is 2. The Morgan fingerprint density at radius 1 is 0.917 bits per heavy atom. The van der Waals surface area contributed by atoms with Crippen LogP contribution in [0.5, 0.6) is 11.5 Å². The second-order valence-corrected chi connectivity index (χ2v) is 6.44. The second-order valence-electron chi connectivity index (χ2n) is 5.57. The predicted molar refractivity (Wildman–Crippen MR) is 96.6 cm³/mol. The topological polar surface area (TPSA) is 35.5 Å². The third-order valence-electron chi connectivity index (χ3n) is 4.04. The van der Waals surface area contributed by atoms with E-state index in [0.717, 1.165) is 23.1 Å². The van der Waals surface area contributed by atoms with Crippen molar-refractivity contribution < 1.29 is 14.3 Å². The summed E-state index contributed by atoms with van der Waals surface area (Å²) in [5.74, 6) is 1.18. The van der Waals surface area contributed by atoms with Gasteiger partial charge in [-0.2, -0.15) is 0 Å². The molecule has 0 unspecified atom stereocenters.